The first-order valence-electron chi connectivity index (χ1n) is 18.9. The predicted molar refractivity (Wildman–Crippen MR) is 231 cm³/mol. The summed E-state index contributed by atoms with van der Waals surface area (Å²) in [5.41, 5.74) is 10.1. The van der Waals surface area contributed by atoms with Crippen LogP contribution >= 0.6 is 0 Å². The Labute approximate surface area is 343 Å². The van der Waals surface area contributed by atoms with Crippen molar-refractivity contribution in [2.24, 2.45) is 0 Å². The highest BCUT2D eigenvalue weighted by molar-refractivity contribution is 6.12. The summed E-state index contributed by atoms with van der Waals surface area (Å²) in [5.74, 6) is 0.346. The summed E-state index contributed by atoms with van der Waals surface area (Å²) in [4.78, 5) is 10.2. The van der Waals surface area contributed by atoms with Crippen molar-refractivity contribution in [1.29, 1.82) is 26.3 Å². The van der Waals surface area contributed by atoms with E-state index < -0.39 is 0 Å². The Bertz CT molecular complexity index is 3450. The van der Waals surface area contributed by atoms with E-state index >= 15 is 0 Å². The van der Waals surface area contributed by atoms with Crippen molar-refractivity contribution < 1.29 is 0 Å². The van der Waals surface area contributed by atoms with Gasteiger partial charge in [0.1, 0.15) is 0 Å². The van der Waals surface area contributed by atoms with Gasteiger partial charge in [-0.25, -0.2) is 9.97 Å². The Kier molecular flexibility index (Phi) is 8.19. The lowest BCUT2D eigenvalue weighted by atomic mass is 10.0. The maximum absolute atomic E-state index is 11.1. The standard InChI is InChI=1S/C51H25N9/c52-26-31-11-15-45-39(19-31)40-20-32(27-53)12-16-46(40)59(45)49-23-37(30-56)38(51-57-43(35-7-3-1-4-8-35)25-44(58-51)36-9-5-2-6-10-36)24-50(49)60-47-17-13-33(28-54)21-41(47)42-22-34(29-55)14-18-48(42)60/h1-25H. The molecule has 0 aliphatic carbocycles. The fourth-order valence-corrected chi connectivity index (χ4v) is 8.14. The van der Waals surface area contributed by atoms with E-state index in [1.54, 1.807) is 24.3 Å². The fourth-order valence-electron chi connectivity index (χ4n) is 8.14. The second-order valence-electron chi connectivity index (χ2n) is 14.2. The third-order valence-electron chi connectivity index (χ3n) is 10.9. The van der Waals surface area contributed by atoms with Crippen LogP contribution in [-0.4, -0.2) is 19.1 Å². The van der Waals surface area contributed by atoms with Crippen LogP contribution in [-0.2, 0) is 0 Å². The Morgan fingerprint density at radius 2 is 0.733 bits per heavy atom. The molecule has 60 heavy (non-hydrogen) atoms. The van der Waals surface area contributed by atoms with Crippen LogP contribution in [0.1, 0.15) is 27.8 Å². The quantitative estimate of drug-likeness (QED) is 0.169. The third kappa shape index (κ3) is 5.59. The average molecular weight is 764 g/mol. The molecule has 0 saturated heterocycles. The van der Waals surface area contributed by atoms with Crippen molar-refractivity contribution >= 4 is 43.6 Å². The lowest BCUT2D eigenvalue weighted by molar-refractivity contribution is 1.09. The van der Waals surface area contributed by atoms with Gasteiger partial charge in [-0.3, -0.25) is 0 Å². The summed E-state index contributed by atoms with van der Waals surface area (Å²) in [5, 5.41) is 53.9. The number of nitrogens with zero attached hydrogens (tertiary/aromatic N) is 9. The molecule has 0 unspecified atom stereocenters. The average Bonchev–Trinajstić information content (AvgIpc) is 3.82. The first-order valence-corrected chi connectivity index (χ1v) is 18.9. The monoisotopic (exact) mass is 763 g/mol. The van der Waals surface area contributed by atoms with E-state index in [4.69, 9.17) is 9.97 Å². The summed E-state index contributed by atoms with van der Waals surface area (Å²) < 4.78 is 4.13. The number of hydrogen-bond acceptors (Lipinski definition) is 7. The minimum absolute atomic E-state index is 0.314. The van der Waals surface area contributed by atoms with Crippen molar-refractivity contribution in [3.8, 4) is 75.6 Å². The number of aromatic nitrogens is 4. The molecule has 9 nitrogen and oxygen atoms in total. The predicted octanol–water partition coefficient (Wildman–Crippen LogP) is 11.0. The van der Waals surface area contributed by atoms with Gasteiger partial charge in [0.25, 0.3) is 0 Å². The molecule has 274 valence electrons. The maximum atomic E-state index is 11.1. The molecule has 0 fully saturated rings. The van der Waals surface area contributed by atoms with Crippen LogP contribution in [0.4, 0.5) is 0 Å². The molecule has 10 aromatic rings. The first kappa shape index (κ1) is 35.1. The van der Waals surface area contributed by atoms with E-state index in [2.05, 4.69) is 39.5 Å². The smallest absolute Gasteiger partial charge is 0.161 e. The van der Waals surface area contributed by atoms with Crippen LogP contribution in [0.2, 0.25) is 0 Å². The van der Waals surface area contributed by atoms with Crippen molar-refractivity contribution in [1.82, 2.24) is 19.1 Å². The van der Waals surface area contributed by atoms with Crippen molar-refractivity contribution in [3.63, 3.8) is 0 Å². The molecular weight excluding hydrogens is 739 g/mol. The zero-order chi connectivity index (χ0) is 40.9. The molecule has 0 saturated carbocycles. The lowest BCUT2D eigenvalue weighted by Crippen LogP contribution is -2.06. The van der Waals surface area contributed by atoms with Gasteiger partial charge in [0.15, 0.2) is 5.82 Å². The molecule has 0 amide bonds. The van der Waals surface area contributed by atoms with E-state index in [0.717, 1.165) is 54.7 Å². The topological polar surface area (TPSA) is 155 Å². The number of nitriles is 5. The van der Waals surface area contributed by atoms with Crippen molar-refractivity contribution in [2.75, 3.05) is 0 Å². The molecule has 0 aliphatic heterocycles. The van der Waals surface area contributed by atoms with Gasteiger partial charge in [-0.2, -0.15) is 26.3 Å². The van der Waals surface area contributed by atoms with Gasteiger partial charge in [0.05, 0.1) is 103 Å². The molecule has 9 heteroatoms. The van der Waals surface area contributed by atoms with Crippen molar-refractivity contribution in [3.05, 3.63) is 179 Å². The zero-order valence-electron chi connectivity index (χ0n) is 31.5. The molecule has 0 N–H and O–H groups in total. The van der Waals surface area contributed by atoms with E-state index in [0.29, 0.717) is 62.0 Å². The summed E-state index contributed by atoms with van der Waals surface area (Å²) in [6.07, 6.45) is 0. The molecule has 0 bridgehead atoms. The molecule has 0 spiro atoms. The van der Waals surface area contributed by atoms with Crippen LogP contribution in [0.25, 0.3) is 88.9 Å². The number of hydrogen-bond donors (Lipinski definition) is 0. The fraction of sp³-hybridized carbons (Fsp3) is 0. The zero-order valence-corrected chi connectivity index (χ0v) is 31.5. The van der Waals surface area contributed by atoms with Gasteiger partial charge in [-0.1, -0.05) is 60.7 Å². The van der Waals surface area contributed by atoms with Crippen LogP contribution in [0, 0.1) is 56.7 Å². The molecular formula is C51H25N9. The summed E-state index contributed by atoms with van der Waals surface area (Å²) >= 11 is 0. The molecule has 0 aliphatic rings. The molecule has 0 radical (unpaired) electrons. The molecule has 3 heterocycles. The number of fused-ring (bicyclic) bond motifs is 6. The number of rotatable bonds is 5. The highest BCUT2D eigenvalue weighted by Gasteiger charge is 2.24. The third-order valence-corrected chi connectivity index (χ3v) is 10.9. The molecule has 7 aromatic carbocycles. The summed E-state index contributed by atoms with van der Waals surface area (Å²) in [7, 11) is 0. The Balaban J connectivity index is 1.37. The minimum Gasteiger partial charge on any atom is -0.307 e. The lowest BCUT2D eigenvalue weighted by Gasteiger charge is -2.19. The van der Waals surface area contributed by atoms with E-state index in [-0.39, 0.29) is 0 Å². The Morgan fingerprint density at radius 3 is 1.08 bits per heavy atom. The van der Waals surface area contributed by atoms with E-state index in [9.17, 15) is 26.3 Å². The normalized spacial score (nSPS) is 10.9. The van der Waals surface area contributed by atoms with Gasteiger partial charge < -0.3 is 9.13 Å². The first-order chi connectivity index (χ1) is 29.5. The van der Waals surface area contributed by atoms with Gasteiger partial charge in [0.2, 0.25) is 0 Å². The molecule has 10 rings (SSSR count). The van der Waals surface area contributed by atoms with Crippen LogP contribution in [0.5, 0.6) is 0 Å². The minimum atomic E-state index is 0.314. The van der Waals surface area contributed by atoms with Gasteiger partial charge in [0, 0.05) is 38.2 Å². The SMILES string of the molecule is N#Cc1ccc2c(c1)c1cc(C#N)ccc1n2-c1cc(C#N)c(-c2nc(-c3ccccc3)cc(-c3ccccc3)n2)cc1-n1c2ccc(C#N)cc2c2cc(C#N)ccc21. The van der Waals surface area contributed by atoms with E-state index in [1.165, 1.54) is 0 Å². The van der Waals surface area contributed by atoms with Crippen LogP contribution < -0.4 is 0 Å². The van der Waals surface area contributed by atoms with E-state index in [1.807, 2.05) is 127 Å². The summed E-state index contributed by atoms with van der Waals surface area (Å²) in [6.45, 7) is 0. The van der Waals surface area contributed by atoms with Crippen LogP contribution in [0.3, 0.4) is 0 Å². The van der Waals surface area contributed by atoms with Gasteiger partial charge >= 0.3 is 0 Å². The highest BCUT2D eigenvalue weighted by atomic mass is 15.1. The van der Waals surface area contributed by atoms with Gasteiger partial charge in [-0.15, -0.1) is 0 Å². The molecule has 3 aromatic heterocycles. The Hall–Kier alpha value is -9.33. The highest BCUT2D eigenvalue weighted by Crippen LogP contribution is 2.42. The molecule has 0 atom stereocenters. The second kappa shape index (κ2) is 14.0. The summed E-state index contributed by atoms with van der Waals surface area (Å²) in [6, 6.07) is 58.7. The number of benzene rings is 7. The largest absolute Gasteiger partial charge is 0.307 e. The van der Waals surface area contributed by atoms with Gasteiger partial charge in [-0.05, 0) is 91.0 Å². The Morgan fingerprint density at radius 1 is 0.367 bits per heavy atom. The second-order valence-corrected chi connectivity index (χ2v) is 14.2. The van der Waals surface area contributed by atoms with Crippen LogP contribution in [0.15, 0.2) is 152 Å². The maximum Gasteiger partial charge on any atom is 0.161 e. The van der Waals surface area contributed by atoms with Crippen molar-refractivity contribution in [2.45, 2.75) is 0 Å².